The van der Waals surface area contributed by atoms with Crippen LogP contribution in [0.5, 0.6) is 0 Å². The van der Waals surface area contributed by atoms with Crippen molar-refractivity contribution in [3.05, 3.63) is 0 Å². The third kappa shape index (κ3) is 2.07. The molecule has 0 aromatic heterocycles. The molecule has 1 atom stereocenters. The number of ether oxygens (including phenoxy) is 2. The molecule has 0 aromatic carbocycles. The predicted molar refractivity (Wildman–Crippen MR) is 50.7 cm³/mol. The van der Waals surface area contributed by atoms with Crippen molar-refractivity contribution in [1.29, 1.82) is 0 Å². The molecule has 1 unspecified atom stereocenters. The SMILES string of the molecule is CC(=O)OC1CC[N+]2(CCOCC2)C1. The molecular formula is C10H18NO3+. The van der Waals surface area contributed by atoms with E-state index in [1.165, 1.54) is 6.92 Å². The molecule has 2 saturated heterocycles. The maximum atomic E-state index is 10.8. The third-order valence-electron chi connectivity index (χ3n) is 3.27. The molecule has 2 heterocycles. The number of morpholine rings is 1. The monoisotopic (exact) mass is 200 g/mol. The van der Waals surface area contributed by atoms with Crippen LogP contribution in [-0.4, -0.2) is 55.9 Å². The maximum Gasteiger partial charge on any atom is 0.303 e. The number of esters is 1. The molecule has 2 rings (SSSR count). The Morgan fingerprint density at radius 2 is 2.07 bits per heavy atom. The average molecular weight is 200 g/mol. The zero-order valence-corrected chi connectivity index (χ0v) is 8.70. The van der Waals surface area contributed by atoms with Crippen molar-refractivity contribution in [2.75, 3.05) is 39.4 Å². The fourth-order valence-electron chi connectivity index (χ4n) is 2.50. The zero-order valence-electron chi connectivity index (χ0n) is 8.70. The Labute approximate surface area is 84.4 Å². The molecule has 0 aliphatic carbocycles. The van der Waals surface area contributed by atoms with Gasteiger partial charge in [-0.15, -0.1) is 0 Å². The van der Waals surface area contributed by atoms with E-state index in [1.807, 2.05) is 0 Å². The lowest BCUT2D eigenvalue weighted by molar-refractivity contribution is -0.925. The number of rotatable bonds is 1. The smallest absolute Gasteiger partial charge is 0.303 e. The van der Waals surface area contributed by atoms with E-state index in [9.17, 15) is 4.79 Å². The van der Waals surface area contributed by atoms with E-state index in [-0.39, 0.29) is 12.1 Å². The number of carbonyl (C=O) groups is 1. The lowest BCUT2D eigenvalue weighted by atomic mass is 10.3. The molecule has 0 radical (unpaired) electrons. The van der Waals surface area contributed by atoms with Gasteiger partial charge in [0.05, 0.1) is 19.8 Å². The molecule has 4 heteroatoms. The summed E-state index contributed by atoms with van der Waals surface area (Å²) in [5.41, 5.74) is 0. The second kappa shape index (κ2) is 3.87. The summed E-state index contributed by atoms with van der Waals surface area (Å²) in [6.45, 7) is 7.49. The third-order valence-corrected chi connectivity index (χ3v) is 3.27. The van der Waals surface area contributed by atoms with E-state index in [1.54, 1.807) is 0 Å². The van der Waals surface area contributed by atoms with Crippen molar-refractivity contribution in [3.63, 3.8) is 0 Å². The normalized spacial score (nSPS) is 30.5. The number of carbonyl (C=O) groups excluding carboxylic acids is 1. The summed E-state index contributed by atoms with van der Waals surface area (Å²) in [6.07, 6.45) is 1.16. The molecule has 0 amide bonds. The van der Waals surface area contributed by atoms with Gasteiger partial charge in [-0.2, -0.15) is 0 Å². The van der Waals surface area contributed by atoms with E-state index >= 15 is 0 Å². The van der Waals surface area contributed by atoms with E-state index in [4.69, 9.17) is 9.47 Å². The van der Waals surface area contributed by atoms with Gasteiger partial charge in [0, 0.05) is 13.3 Å². The van der Waals surface area contributed by atoms with Gasteiger partial charge in [0.15, 0.2) is 6.10 Å². The van der Waals surface area contributed by atoms with Crippen LogP contribution in [0.3, 0.4) is 0 Å². The number of hydrogen-bond acceptors (Lipinski definition) is 3. The Bertz CT molecular complexity index is 223. The van der Waals surface area contributed by atoms with Crippen LogP contribution in [0.2, 0.25) is 0 Å². The minimum absolute atomic E-state index is 0.144. The van der Waals surface area contributed by atoms with Crippen LogP contribution in [-0.2, 0) is 14.3 Å². The van der Waals surface area contributed by atoms with E-state index < -0.39 is 0 Å². The summed E-state index contributed by atoms with van der Waals surface area (Å²) < 4.78 is 11.7. The average Bonchev–Trinajstić information content (AvgIpc) is 2.49. The molecule has 0 bridgehead atoms. The summed E-state index contributed by atoms with van der Waals surface area (Å²) >= 11 is 0. The Hall–Kier alpha value is -0.610. The predicted octanol–water partition coefficient (Wildman–Crippen LogP) is 0.169. The molecule has 1 spiro atoms. The highest BCUT2D eigenvalue weighted by Crippen LogP contribution is 2.23. The van der Waals surface area contributed by atoms with Crippen LogP contribution >= 0.6 is 0 Å². The molecular weight excluding hydrogens is 182 g/mol. The first-order valence-electron chi connectivity index (χ1n) is 5.30. The lowest BCUT2D eigenvalue weighted by Gasteiger charge is -2.37. The van der Waals surface area contributed by atoms with Crippen LogP contribution in [0.1, 0.15) is 13.3 Å². The quantitative estimate of drug-likeness (QED) is 0.447. The Morgan fingerprint density at radius 3 is 2.71 bits per heavy atom. The second-order valence-electron chi connectivity index (χ2n) is 4.33. The van der Waals surface area contributed by atoms with E-state index in [0.717, 1.165) is 50.3 Å². The molecule has 2 fully saturated rings. The second-order valence-corrected chi connectivity index (χ2v) is 4.33. The van der Waals surface area contributed by atoms with Gasteiger partial charge in [-0.3, -0.25) is 4.79 Å². The highest BCUT2D eigenvalue weighted by Gasteiger charge is 2.40. The first-order chi connectivity index (χ1) is 6.70. The maximum absolute atomic E-state index is 10.8. The number of nitrogens with zero attached hydrogens (tertiary/aromatic N) is 1. The van der Waals surface area contributed by atoms with Gasteiger partial charge < -0.3 is 14.0 Å². The van der Waals surface area contributed by atoms with Gasteiger partial charge in [-0.05, 0) is 0 Å². The Kier molecular flexibility index (Phi) is 2.74. The summed E-state index contributed by atoms with van der Waals surface area (Å²) in [7, 11) is 0. The summed E-state index contributed by atoms with van der Waals surface area (Å²) in [5.74, 6) is -0.150. The van der Waals surface area contributed by atoms with Crippen LogP contribution in [0.4, 0.5) is 0 Å². The van der Waals surface area contributed by atoms with Gasteiger partial charge in [0.25, 0.3) is 0 Å². The van der Waals surface area contributed by atoms with Crippen molar-refractivity contribution in [3.8, 4) is 0 Å². The minimum atomic E-state index is -0.150. The van der Waals surface area contributed by atoms with Crippen LogP contribution in [0.15, 0.2) is 0 Å². The minimum Gasteiger partial charge on any atom is -0.456 e. The highest BCUT2D eigenvalue weighted by molar-refractivity contribution is 5.66. The molecule has 4 nitrogen and oxygen atoms in total. The summed E-state index contributed by atoms with van der Waals surface area (Å²) in [5, 5.41) is 0. The standard InChI is InChI=1S/C10H18NO3/c1-9(12)14-10-2-3-11(8-10)4-6-13-7-5-11/h10H,2-8H2,1H3/q+1. The fourth-order valence-corrected chi connectivity index (χ4v) is 2.50. The summed E-state index contributed by atoms with van der Waals surface area (Å²) in [4.78, 5) is 10.8. The highest BCUT2D eigenvalue weighted by atomic mass is 16.5. The van der Waals surface area contributed by atoms with Crippen molar-refractivity contribution in [2.45, 2.75) is 19.4 Å². The van der Waals surface area contributed by atoms with Gasteiger partial charge in [0.2, 0.25) is 0 Å². The molecule has 0 N–H and O–H groups in total. The lowest BCUT2D eigenvalue weighted by Crippen LogP contribution is -2.53. The van der Waals surface area contributed by atoms with Crippen LogP contribution < -0.4 is 0 Å². The van der Waals surface area contributed by atoms with E-state index in [2.05, 4.69) is 0 Å². The van der Waals surface area contributed by atoms with Crippen molar-refractivity contribution in [2.24, 2.45) is 0 Å². The summed E-state index contributed by atoms with van der Waals surface area (Å²) in [6, 6.07) is 0. The zero-order chi connectivity index (χ0) is 10.0. The Morgan fingerprint density at radius 1 is 1.36 bits per heavy atom. The van der Waals surface area contributed by atoms with Gasteiger partial charge in [-0.25, -0.2) is 0 Å². The molecule has 80 valence electrons. The molecule has 2 aliphatic rings. The van der Waals surface area contributed by atoms with Gasteiger partial charge in [0.1, 0.15) is 19.6 Å². The first kappa shape index (κ1) is 9.93. The van der Waals surface area contributed by atoms with Crippen molar-refractivity contribution >= 4 is 5.97 Å². The molecule has 14 heavy (non-hydrogen) atoms. The largest absolute Gasteiger partial charge is 0.456 e. The molecule has 0 saturated carbocycles. The van der Waals surface area contributed by atoms with Crippen molar-refractivity contribution < 1.29 is 18.8 Å². The topological polar surface area (TPSA) is 35.5 Å². The van der Waals surface area contributed by atoms with E-state index in [0.29, 0.717) is 0 Å². The van der Waals surface area contributed by atoms with Crippen LogP contribution in [0.25, 0.3) is 0 Å². The van der Waals surface area contributed by atoms with Crippen molar-refractivity contribution in [1.82, 2.24) is 0 Å². The van der Waals surface area contributed by atoms with Gasteiger partial charge >= 0.3 is 5.97 Å². The van der Waals surface area contributed by atoms with Gasteiger partial charge in [-0.1, -0.05) is 0 Å². The fraction of sp³-hybridized carbons (Fsp3) is 0.900. The number of quaternary nitrogens is 1. The molecule has 2 aliphatic heterocycles. The van der Waals surface area contributed by atoms with Crippen LogP contribution in [0, 0.1) is 0 Å². The Balaban J connectivity index is 1.89. The molecule has 0 aromatic rings. The first-order valence-corrected chi connectivity index (χ1v) is 5.30. The number of hydrogen-bond donors (Lipinski definition) is 0.